The van der Waals surface area contributed by atoms with E-state index in [9.17, 15) is 5.53 Å². The summed E-state index contributed by atoms with van der Waals surface area (Å²) in [6, 6.07) is 14.8. The van der Waals surface area contributed by atoms with Crippen molar-refractivity contribution in [3.63, 3.8) is 0 Å². The third-order valence-corrected chi connectivity index (χ3v) is 11.3. The Kier molecular flexibility index (Phi) is 25.3. The van der Waals surface area contributed by atoms with Gasteiger partial charge in [0.15, 0.2) is 0 Å². The zero-order valence-electron chi connectivity index (χ0n) is 35.5. The van der Waals surface area contributed by atoms with E-state index in [0.717, 1.165) is 62.8 Å². The Bertz CT molecular complexity index is 1380. The first kappa shape index (κ1) is 47.2. The summed E-state index contributed by atoms with van der Waals surface area (Å²) in [5.41, 5.74) is 26.0. The Labute approximate surface area is 338 Å². The fraction of sp³-hybridized carbons (Fsp3) is 0.680. The van der Waals surface area contributed by atoms with Gasteiger partial charge < -0.3 is 5.53 Å². The summed E-state index contributed by atoms with van der Waals surface area (Å²) in [7, 11) is 0. The molecule has 1 heterocycles. The van der Waals surface area contributed by atoms with Crippen LogP contribution in [0.2, 0.25) is 0 Å². The van der Waals surface area contributed by atoms with E-state index in [1.807, 2.05) is 0 Å². The minimum Gasteiger partial charge on any atom is -0.493 e. The van der Waals surface area contributed by atoms with Gasteiger partial charge in [-0.15, -0.1) is 0 Å². The maximum atomic E-state index is 12.7. The average Bonchev–Trinajstić information content (AvgIpc) is 3.42. The molecule has 3 rings (SSSR count). The van der Waals surface area contributed by atoms with Crippen LogP contribution in [0.15, 0.2) is 47.5 Å². The molecule has 0 spiro atoms. The van der Waals surface area contributed by atoms with Crippen LogP contribution in [0.5, 0.6) is 0 Å². The van der Waals surface area contributed by atoms with Gasteiger partial charge in [-0.1, -0.05) is 156 Å². The number of rotatable bonds is 30. The number of unbranched alkanes of at least 4 members (excludes halogenated alkanes) is 16. The monoisotopic (exact) mass is 767 g/mol. The number of hydrogen-bond donors (Lipinski definition) is 0. The second-order valence-corrected chi connectivity index (χ2v) is 16.2. The SMILES string of the molecule is CCCCCCCCC1=C(c2cc(CCCCC)cc(CCCCCC)c2)[N+](=[N-])C(c2cc(CCCCC)cc(CCCCCC)c2)=C1CCCC.[Ni]. The first-order valence-electron chi connectivity index (χ1n) is 22.7. The Hall–Kier alpha value is -1.99. The maximum Gasteiger partial charge on any atom is 0.211 e. The van der Waals surface area contributed by atoms with Gasteiger partial charge in [0, 0.05) is 38.8 Å². The fourth-order valence-corrected chi connectivity index (χ4v) is 8.27. The molecule has 3 heteroatoms. The molecule has 2 aromatic rings. The van der Waals surface area contributed by atoms with Gasteiger partial charge >= 0.3 is 0 Å². The number of hydrogen-bond acceptors (Lipinski definition) is 0. The first-order chi connectivity index (χ1) is 25.5. The van der Waals surface area contributed by atoms with Crippen molar-refractivity contribution in [2.45, 2.75) is 221 Å². The first-order valence-corrected chi connectivity index (χ1v) is 22.7. The molecule has 0 radical (unpaired) electrons. The molecule has 1 aliphatic heterocycles. The predicted molar refractivity (Wildman–Crippen MR) is 230 cm³/mol. The molecule has 2 aromatic carbocycles. The Balaban J connectivity index is 0.00000972. The van der Waals surface area contributed by atoms with Gasteiger partial charge in [0.1, 0.15) is 0 Å². The van der Waals surface area contributed by atoms with Crippen LogP contribution in [0.3, 0.4) is 0 Å². The van der Waals surface area contributed by atoms with E-state index >= 15 is 0 Å². The molecule has 0 saturated carbocycles. The van der Waals surface area contributed by atoms with Crippen LogP contribution in [0.4, 0.5) is 0 Å². The largest absolute Gasteiger partial charge is 0.493 e. The van der Waals surface area contributed by atoms with Crippen LogP contribution in [0, 0.1) is 0 Å². The topological polar surface area (TPSA) is 25.3 Å². The summed E-state index contributed by atoms with van der Waals surface area (Å²) in [5, 5.41) is 0. The number of allylic oxidation sites excluding steroid dienone is 2. The Morgan fingerprint density at radius 3 is 0.981 bits per heavy atom. The molecule has 0 amide bonds. The number of benzene rings is 2. The molecule has 0 aliphatic carbocycles. The summed E-state index contributed by atoms with van der Waals surface area (Å²) in [6.45, 7) is 13.8. The van der Waals surface area contributed by atoms with Crippen molar-refractivity contribution < 1.29 is 21.2 Å². The Morgan fingerprint density at radius 2 is 0.604 bits per heavy atom. The van der Waals surface area contributed by atoms with Gasteiger partial charge in [0.25, 0.3) is 0 Å². The molecular weight excluding hydrogens is 687 g/mol. The van der Waals surface area contributed by atoms with Crippen LogP contribution in [0.25, 0.3) is 16.9 Å². The molecule has 0 atom stereocenters. The smallest absolute Gasteiger partial charge is 0.211 e. The number of aryl methyl sites for hydroxylation is 4. The minimum absolute atomic E-state index is 0. The van der Waals surface area contributed by atoms with E-state index in [0.29, 0.717) is 0 Å². The van der Waals surface area contributed by atoms with Crippen LogP contribution >= 0.6 is 0 Å². The van der Waals surface area contributed by atoms with E-state index in [-0.39, 0.29) is 16.5 Å². The van der Waals surface area contributed by atoms with E-state index < -0.39 is 0 Å². The molecule has 0 fully saturated rings. The van der Waals surface area contributed by atoms with Gasteiger partial charge in [-0.05, 0) is 124 Å². The third-order valence-electron chi connectivity index (χ3n) is 11.3. The third kappa shape index (κ3) is 16.3. The van der Waals surface area contributed by atoms with Crippen molar-refractivity contribution in [1.29, 1.82) is 0 Å². The summed E-state index contributed by atoms with van der Waals surface area (Å²) < 4.78 is 1.69. The van der Waals surface area contributed by atoms with Gasteiger partial charge in [-0.2, -0.15) is 0 Å². The van der Waals surface area contributed by atoms with Crippen molar-refractivity contribution in [2.24, 2.45) is 0 Å². The fourth-order valence-electron chi connectivity index (χ4n) is 8.27. The summed E-state index contributed by atoms with van der Waals surface area (Å²) in [5.74, 6) is 0. The molecule has 0 unspecified atom stereocenters. The molecule has 300 valence electrons. The molecule has 2 nitrogen and oxygen atoms in total. The standard InChI is InChI=1S/C50H80N2.Ni/c1-7-13-19-22-23-28-34-48-47(33-18-12-6)49(45-37-41(29-24-16-10-4)35-43(39-45)31-26-20-14-8-2)52(51)50(48)46-38-42(30-25-17-11-5)36-44(40-46)32-27-21-15-9-3;/h35-40H,7-34H2,1-6H3;. The van der Waals surface area contributed by atoms with E-state index in [4.69, 9.17) is 0 Å². The van der Waals surface area contributed by atoms with Crippen molar-refractivity contribution in [3.05, 3.63) is 86.5 Å². The summed E-state index contributed by atoms with van der Waals surface area (Å²) >= 11 is 0. The summed E-state index contributed by atoms with van der Waals surface area (Å²) in [6.07, 6.45) is 34.4. The van der Waals surface area contributed by atoms with Crippen molar-refractivity contribution in [1.82, 2.24) is 0 Å². The Morgan fingerprint density at radius 1 is 0.340 bits per heavy atom. The zero-order chi connectivity index (χ0) is 37.4. The second-order valence-electron chi connectivity index (χ2n) is 16.2. The molecule has 0 aromatic heterocycles. The van der Waals surface area contributed by atoms with Gasteiger partial charge in [0.2, 0.25) is 11.4 Å². The van der Waals surface area contributed by atoms with Crippen LogP contribution in [-0.2, 0) is 42.2 Å². The molecular formula is C50H80N2Ni. The molecule has 53 heavy (non-hydrogen) atoms. The zero-order valence-corrected chi connectivity index (χ0v) is 36.5. The van der Waals surface area contributed by atoms with Gasteiger partial charge in [-0.25, -0.2) is 4.70 Å². The molecule has 0 bridgehead atoms. The molecule has 0 saturated heterocycles. The average molecular weight is 768 g/mol. The van der Waals surface area contributed by atoms with Crippen molar-refractivity contribution in [3.8, 4) is 0 Å². The van der Waals surface area contributed by atoms with Crippen molar-refractivity contribution >= 4 is 11.4 Å². The predicted octanol–water partition coefficient (Wildman–Crippen LogP) is 16.5. The van der Waals surface area contributed by atoms with E-state index in [1.165, 1.54) is 173 Å². The van der Waals surface area contributed by atoms with Crippen LogP contribution in [0.1, 0.15) is 229 Å². The van der Waals surface area contributed by atoms with E-state index in [2.05, 4.69) is 77.9 Å². The van der Waals surface area contributed by atoms with Gasteiger partial charge in [-0.3, -0.25) is 0 Å². The number of nitrogens with zero attached hydrogens (tertiary/aromatic N) is 2. The second kappa shape index (κ2) is 28.4. The van der Waals surface area contributed by atoms with Gasteiger partial charge in [0.05, 0.1) is 0 Å². The molecule has 0 N–H and O–H groups in total. The quantitative estimate of drug-likeness (QED) is 0.0430. The van der Waals surface area contributed by atoms with E-state index in [1.54, 1.807) is 4.70 Å². The molecule has 1 aliphatic rings. The van der Waals surface area contributed by atoms with Crippen LogP contribution in [-0.4, -0.2) is 4.70 Å². The minimum atomic E-state index is 0. The normalized spacial score (nSPS) is 13.1. The maximum absolute atomic E-state index is 12.7. The van der Waals surface area contributed by atoms with Crippen LogP contribution < -0.4 is 0 Å². The summed E-state index contributed by atoms with van der Waals surface area (Å²) in [4.78, 5) is 0. The van der Waals surface area contributed by atoms with Crippen molar-refractivity contribution in [2.75, 3.05) is 0 Å².